The third kappa shape index (κ3) is 1.54. The number of hydrogen-bond acceptors (Lipinski definition) is 4. The Hall–Kier alpha value is -2.37. The molecule has 0 radical (unpaired) electrons. The SMILES string of the molecule is CC(=O)N1C(=O)OCC1(C(=O)O)c1ccccc1. The predicted octanol–water partition coefficient (Wildman–Crippen LogP) is 0.965. The number of imide groups is 1. The highest BCUT2D eigenvalue weighted by Crippen LogP contribution is 2.35. The molecule has 1 aromatic rings. The second-order valence-electron chi connectivity index (χ2n) is 3.94. The lowest BCUT2D eigenvalue weighted by Gasteiger charge is -2.29. The molecule has 1 unspecified atom stereocenters. The van der Waals surface area contributed by atoms with E-state index >= 15 is 0 Å². The van der Waals surface area contributed by atoms with Gasteiger partial charge in [0, 0.05) is 6.92 Å². The minimum atomic E-state index is -1.77. The van der Waals surface area contributed by atoms with Crippen LogP contribution in [0.5, 0.6) is 0 Å². The van der Waals surface area contributed by atoms with Crippen molar-refractivity contribution in [2.24, 2.45) is 0 Å². The molecule has 1 heterocycles. The van der Waals surface area contributed by atoms with Crippen LogP contribution in [0.2, 0.25) is 0 Å². The van der Waals surface area contributed by atoms with Crippen LogP contribution >= 0.6 is 0 Å². The Balaban J connectivity index is 2.62. The van der Waals surface area contributed by atoms with Gasteiger partial charge in [-0.2, -0.15) is 0 Å². The lowest BCUT2D eigenvalue weighted by atomic mass is 9.89. The molecule has 1 atom stereocenters. The van der Waals surface area contributed by atoms with Crippen LogP contribution in [-0.4, -0.2) is 34.6 Å². The van der Waals surface area contributed by atoms with Crippen LogP contribution < -0.4 is 0 Å². The summed E-state index contributed by atoms with van der Waals surface area (Å²) in [5, 5.41) is 9.43. The van der Waals surface area contributed by atoms with Gasteiger partial charge in [-0.25, -0.2) is 14.5 Å². The fourth-order valence-electron chi connectivity index (χ4n) is 2.06. The molecule has 6 heteroatoms. The van der Waals surface area contributed by atoms with Crippen LogP contribution in [0.3, 0.4) is 0 Å². The third-order valence-electron chi connectivity index (χ3n) is 2.89. The molecular weight excluding hydrogens is 238 g/mol. The van der Waals surface area contributed by atoms with E-state index in [9.17, 15) is 19.5 Å². The summed E-state index contributed by atoms with van der Waals surface area (Å²) < 4.78 is 4.74. The number of carbonyl (C=O) groups is 3. The van der Waals surface area contributed by atoms with Crippen LogP contribution in [0.25, 0.3) is 0 Å². The number of carbonyl (C=O) groups excluding carboxylic acids is 2. The van der Waals surface area contributed by atoms with Gasteiger partial charge < -0.3 is 9.84 Å². The molecule has 18 heavy (non-hydrogen) atoms. The van der Waals surface area contributed by atoms with Gasteiger partial charge in [-0.3, -0.25) is 4.79 Å². The summed E-state index contributed by atoms with van der Waals surface area (Å²) in [7, 11) is 0. The van der Waals surface area contributed by atoms with Gasteiger partial charge in [0.2, 0.25) is 11.4 Å². The number of hydrogen-bond donors (Lipinski definition) is 1. The molecule has 94 valence electrons. The smallest absolute Gasteiger partial charge is 0.418 e. The Bertz CT molecular complexity index is 512. The number of aliphatic carboxylic acids is 1. The summed E-state index contributed by atoms with van der Waals surface area (Å²) in [4.78, 5) is 35.2. The van der Waals surface area contributed by atoms with Crippen LogP contribution in [0.1, 0.15) is 12.5 Å². The maximum Gasteiger partial charge on any atom is 0.418 e. The van der Waals surface area contributed by atoms with Gasteiger partial charge in [0.05, 0.1) is 0 Å². The number of nitrogens with zero attached hydrogens (tertiary/aromatic N) is 1. The van der Waals surface area contributed by atoms with Crippen molar-refractivity contribution < 1.29 is 24.2 Å². The summed E-state index contributed by atoms with van der Waals surface area (Å²) in [6, 6.07) is 8.09. The fourth-order valence-corrected chi connectivity index (χ4v) is 2.06. The number of carboxylic acids is 1. The Labute approximate surface area is 103 Å². The maximum absolute atomic E-state index is 11.6. The molecule has 0 aliphatic carbocycles. The third-order valence-corrected chi connectivity index (χ3v) is 2.89. The summed E-state index contributed by atoms with van der Waals surface area (Å²) in [6.07, 6.45) is -0.936. The molecule has 6 nitrogen and oxygen atoms in total. The first-order valence-corrected chi connectivity index (χ1v) is 5.26. The molecule has 1 saturated heterocycles. The van der Waals surface area contributed by atoms with Crippen molar-refractivity contribution in [3.05, 3.63) is 35.9 Å². The van der Waals surface area contributed by atoms with Crippen LogP contribution in [0.4, 0.5) is 4.79 Å². The van der Waals surface area contributed by atoms with Gasteiger partial charge in [-0.05, 0) is 5.56 Å². The Morgan fingerprint density at radius 2 is 1.94 bits per heavy atom. The van der Waals surface area contributed by atoms with Crippen molar-refractivity contribution in [3.8, 4) is 0 Å². The second-order valence-corrected chi connectivity index (χ2v) is 3.94. The van der Waals surface area contributed by atoms with Crippen molar-refractivity contribution in [1.29, 1.82) is 0 Å². The van der Waals surface area contributed by atoms with Gasteiger partial charge in [0.1, 0.15) is 6.61 Å². The fraction of sp³-hybridized carbons (Fsp3) is 0.250. The summed E-state index contributed by atoms with van der Waals surface area (Å²) in [6.45, 7) is 0.748. The minimum absolute atomic E-state index is 0.332. The number of ether oxygens (including phenoxy) is 1. The first-order chi connectivity index (χ1) is 8.50. The molecule has 0 saturated carbocycles. The Morgan fingerprint density at radius 1 is 1.33 bits per heavy atom. The van der Waals surface area contributed by atoms with Crippen molar-refractivity contribution in [2.45, 2.75) is 12.5 Å². The van der Waals surface area contributed by atoms with Gasteiger partial charge in [-0.15, -0.1) is 0 Å². The molecule has 1 aromatic carbocycles. The maximum atomic E-state index is 11.6. The summed E-state index contributed by atoms with van der Waals surface area (Å²) in [5.41, 5.74) is -1.44. The summed E-state index contributed by atoms with van der Waals surface area (Å²) in [5.74, 6) is -1.96. The summed E-state index contributed by atoms with van der Waals surface area (Å²) >= 11 is 0. The van der Waals surface area contributed by atoms with E-state index < -0.39 is 23.5 Å². The molecular formula is C12H11NO5. The first-order valence-electron chi connectivity index (χ1n) is 5.26. The largest absolute Gasteiger partial charge is 0.479 e. The van der Waals surface area contributed by atoms with Crippen LogP contribution in [0.15, 0.2) is 30.3 Å². The van der Waals surface area contributed by atoms with Gasteiger partial charge in [0.25, 0.3) is 0 Å². The number of benzene rings is 1. The van der Waals surface area contributed by atoms with E-state index in [2.05, 4.69) is 0 Å². The van der Waals surface area contributed by atoms with E-state index in [1.54, 1.807) is 30.3 Å². The molecule has 0 spiro atoms. The molecule has 0 aromatic heterocycles. The van der Waals surface area contributed by atoms with E-state index in [-0.39, 0.29) is 6.61 Å². The molecule has 1 N–H and O–H groups in total. The lowest BCUT2D eigenvalue weighted by Crippen LogP contribution is -2.52. The minimum Gasteiger partial charge on any atom is -0.479 e. The molecule has 1 fully saturated rings. The molecule has 1 aliphatic rings. The zero-order valence-corrected chi connectivity index (χ0v) is 9.62. The van der Waals surface area contributed by atoms with Gasteiger partial charge >= 0.3 is 12.1 Å². The van der Waals surface area contributed by atoms with Crippen LogP contribution in [0, 0.1) is 0 Å². The molecule has 2 amide bonds. The Morgan fingerprint density at radius 3 is 2.44 bits per heavy atom. The number of amides is 2. The highest BCUT2D eigenvalue weighted by atomic mass is 16.6. The number of carboxylic acid groups (broad SMARTS) is 1. The van der Waals surface area contributed by atoms with Gasteiger partial charge in [-0.1, -0.05) is 30.3 Å². The Kier molecular flexibility index (Phi) is 2.78. The van der Waals surface area contributed by atoms with Crippen molar-refractivity contribution in [3.63, 3.8) is 0 Å². The molecule has 2 rings (SSSR count). The predicted molar refractivity (Wildman–Crippen MR) is 59.6 cm³/mol. The van der Waals surface area contributed by atoms with E-state index in [0.29, 0.717) is 10.5 Å². The monoisotopic (exact) mass is 249 g/mol. The normalized spacial score (nSPS) is 22.7. The van der Waals surface area contributed by atoms with Crippen molar-refractivity contribution in [2.75, 3.05) is 6.61 Å². The zero-order valence-electron chi connectivity index (χ0n) is 9.62. The number of rotatable bonds is 2. The second kappa shape index (κ2) is 4.14. The zero-order chi connectivity index (χ0) is 13.3. The molecule has 1 aliphatic heterocycles. The highest BCUT2D eigenvalue weighted by Gasteiger charge is 2.57. The quantitative estimate of drug-likeness (QED) is 0.844. The number of cyclic esters (lactones) is 1. The average Bonchev–Trinajstić information content (AvgIpc) is 2.69. The van der Waals surface area contributed by atoms with Gasteiger partial charge in [0.15, 0.2) is 0 Å². The van der Waals surface area contributed by atoms with E-state index in [1.165, 1.54) is 0 Å². The standard InChI is InChI=1S/C12H11NO5/c1-8(14)13-11(17)18-7-12(13,10(15)16)9-5-3-2-4-6-9/h2-6H,7H2,1H3,(H,15,16). The van der Waals surface area contributed by atoms with E-state index in [4.69, 9.17) is 4.74 Å². The first kappa shape index (κ1) is 12.1. The average molecular weight is 249 g/mol. The van der Waals surface area contributed by atoms with Crippen molar-refractivity contribution in [1.82, 2.24) is 4.90 Å². The van der Waals surface area contributed by atoms with E-state index in [1.807, 2.05) is 0 Å². The van der Waals surface area contributed by atoms with Crippen molar-refractivity contribution >= 4 is 18.0 Å². The lowest BCUT2D eigenvalue weighted by molar-refractivity contribution is -0.154. The van der Waals surface area contributed by atoms with Crippen LogP contribution in [-0.2, 0) is 19.9 Å². The molecule has 0 bridgehead atoms. The highest BCUT2D eigenvalue weighted by molar-refractivity contribution is 6.00. The topological polar surface area (TPSA) is 83.9 Å². The van der Waals surface area contributed by atoms with E-state index in [0.717, 1.165) is 6.92 Å².